The van der Waals surface area contributed by atoms with Crippen LogP contribution in [0, 0.1) is 17.0 Å². The number of nitrogens with one attached hydrogen (secondary N) is 1. The maximum atomic E-state index is 12.4. The fourth-order valence-corrected chi connectivity index (χ4v) is 2.21. The van der Waals surface area contributed by atoms with Gasteiger partial charge in [0.05, 0.1) is 10.5 Å². The van der Waals surface area contributed by atoms with Crippen LogP contribution in [0.3, 0.4) is 0 Å². The summed E-state index contributed by atoms with van der Waals surface area (Å²) in [5, 5.41) is 39.2. The number of carbonyl (C=O) groups excluding carboxylic acids is 2. The summed E-state index contributed by atoms with van der Waals surface area (Å²) in [6.07, 6.45) is 0. The third-order valence-corrected chi connectivity index (χ3v) is 3.70. The van der Waals surface area contributed by atoms with Gasteiger partial charge in [0.2, 0.25) is 0 Å². The molecule has 0 unspecified atom stereocenters. The number of aliphatic hydroxyl groups is 1. The molecule has 0 atom stereocenters. The molecule has 2 rings (SSSR count). The highest BCUT2D eigenvalue weighted by molar-refractivity contribution is 6.04. The highest BCUT2D eigenvalue weighted by Crippen LogP contribution is 2.29. The number of azo groups is 1. The smallest absolute Gasteiger partial charge is 0.373 e. The Morgan fingerprint density at radius 1 is 1.21 bits per heavy atom. The van der Waals surface area contributed by atoms with Gasteiger partial charge in [0.15, 0.2) is 11.4 Å². The van der Waals surface area contributed by atoms with Crippen LogP contribution in [0.4, 0.5) is 17.1 Å². The summed E-state index contributed by atoms with van der Waals surface area (Å²) in [5.41, 5.74) is -0.386. The van der Waals surface area contributed by atoms with Gasteiger partial charge in [0, 0.05) is 11.8 Å². The minimum Gasteiger partial charge on any atom is -0.510 e. The first-order valence-corrected chi connectivity index (χ1v) is 8.07. The van der Waals surface area contributed by atoms with Crippen molar-refractivity contribution >= 4 is 28.9 Å². The number of rotatable bonds is 6. The number of amides is 1. The van der Waals surface area contributed by atoms with Crippen LogP contribution in [0.5, 0.6) is 0 Å². The molecule has 0 heterocycles. The molecule has 2 aromatic rings. The van der Waals surface area contributed by atoms with Gasteiger partial charge >= 0.3 is 5.97 Å². The monoisotopic (exact) mass is 400 g/mol. The number of aryl methyl sites for hydroxylation is 1. The molecule has 0 aromatic heterocycles. The van der Waals surface area contributed by atoms with Gasteiger partial charge in [-0.1, -0.05) is 18.2 Å². The minimum absolute atomic E-state index is 0.285. The lowest BCUT2D eigenvalue weighted by molar-refractivity contribution is -0.384. The SMILES string of the molecule is C/C(O)=C(\N=Nc1ccc(C(=O)OO)cc1[N+](=O)[O-])C(=O)Nc1ccccc1C. The first-order chi connectivity index (χ1) is 13.7. The number of benzene rings is 2. The topological polar surface area (TPSA) is 164 Å². The van der Waals surface area contributed by atoms with Crippen LogP contribution in [0.2, 0.25) is 0 Å². The Kier molecular flexibility index (Phi) is 6.71. The van der Waals surface area contributed by atoms with Crippen molar-refractivity contribution in [2.24, 2.45) is 10.2 Å². The molecule has 0 spiro atoms. The van der Waals surface area contributed by atoms with Crippen LogP contribution in [0.25, 0.3) is 0 Å². The van der Waals surface area contributed by atoms with Crippen LogP contribution in [0.1, 0.15) is 22.8 Å². The quantitative estimate of drug-likeness (QED) is 0.164. The Balaban J connectivity index is 2.35. The molecule has 0 radical (unpaired) electrons. The van der Waals surface area contributed by atoms with Crippen molar-refractivity contribution in [1.82, 2.24) is 0 Å². The van der Waals surface area contributed by atoms with Crippen molar-refractivity contribution in [3.8, 4) is 0 Å². The summed E-state index contributed by atoms with van der Waals surface area (Å²) >= 11 is 0. The van der Waals surface area contributed by atoms with Crippen molar-refractivity contribution in [3.05, 3.63) is 75.2 Å². The Morgan fingerprint density at radius 3 is 2.48 bits per heavy atom. The first-order valence-electron chi connectivity index (χ1n) is 8.07. The fraction of sp³-hybridized carbons (Fsp3) is 0.111. The lowest BCUT2D eigenvalue weighted by atomic mass is 10.2. The maximum Gasteiger partial charge on any atom is 0.373 e. The highest BCUT2D eigenvalue weighted by atomic mass is 17.1. The van der Waals surface area contributed by atoms with E-state index in [1.54, 1.807) is 31.2 Å². The third kappa shape index (κ3) is 5.20. The molecule has 150 valence electrons. The number of hydrogen-bond acceptors (Lipinski definition) is 9. The van der Waals surface area contributed by atoms with Gasteiger partial charge < -0.3 is 10.4 Å². The number of allylic oxidation sites excluding steroid dienone is 1. The van der Waals surface area contributed by atoms with E-state index in [1.807, 2.05) is 0 Å². The summed E-state index contributed by atoms with van der Waals surface area (Å²) in [6.45, 7) is 2.98. The molecule has 0 aliphatic heterocycles. The zero-order chi connectivity index (χ0) is 21.6. The van der Waals surface area contributed by atoms with Crippen molar-refractivity contribution in [2.75, 3.05) is 5.32 Å². The summed E-state index contributed by atoms with van der Waals surface area (Å²) in [6, 6.07) is 9.94. The van der Waals surface area contributed by atoms with E-state index in [1.165, 1.54) is 6.92 Å². The Morgan fingerprint density at radius 2 is 1.90 bits per heavy atom. The van der Waals surface area contributed by atoms with E-state index in [4.69, 9.17) is 5.26 Å². The standard InChI is InChI=1S/C18H16N4O7/c1-10-5-3-4-6-13(10)19-17(24)16(11(2)23)21-20-14-8-7-12(18(25)29-28)9-15(14)22(26)27/h3-9,23,28H,1-2H3,(H,19,24)/b16-11+,21-20?. The fourth-order valence-electron chi connectivity index (χ4n) is 2.21. The molecule has 0 saturated heterocycles. The summed E-state index contributed by atoms with van der Waals surface area (Å²) in [4.78, 5) is 37.7. The lowest BCUT2D eigenvalue weighted by Gasteiger charge is -2.08. The van der Waals surface area contributed by atoms with E-state index in [-0.39, 0.29) is 11.3 Å². The predicted octanol–water partition coefficient (Wildman–Crippen LogP) is 4.04. The van der Waals surface area contributed by atoms with Crippen LogP contribution < -0.4 is 5.32 Å². The normalized spacial score (nSPS) is 11.7. The number of nitrogens with zero attached hydrogens (tertiary/aromatic N) is 3. The molecule has 11 nitrogen and oxygen atoms in total. The molecular weight excluding hydrogens is 384 g/mol. The van der Waals surface area contributed by atoms with Gasteiger partial charge in [-0.3, -0.25) is 19.8 Å². The van der Waals surface area contributed by atoms with Gasteiger partial charge in [-0.25, -0.2) is 4.79 Å². The van der Waals surface area contributed by atoms with Crippen LogP contribution in [0.15, 0.2) is 64.1 Å². The van der Waals surface area contributed by atoms with Gasteiger partial charge in [-0.15, -0.1) is 10.2 Å². The molecule has 0 aliphatic carbocycles. The number of nitro groups is 1. The molecule has 29 heavy (non-hydrogen) atoms. The molecule has 0 aliphatic rings. The molecule has 3 N–H and O–H groups in total. The van der Waals surface area contributed by atoms with Gasteiger partial charge in [-0.2, -0.15) is 5.26 Å². The molecule has 1 amide bonds. The second-order valence-corrected chi connectivity index (χ2v) is 5.74. The maximum absolute atomic E-state index is 12.4. The Labute approximate surface area is 164 Å². The number of aliphatic hydroxyl groups excluding tert-OH is 1. The largest absolute Gasteiger partial charge is 0.510 e. The van der Waals surface area contributed by atoms with E-state index < -0.39 is 33.9 Å². The number of hydrogen-bond donors (Lipinski definition) is 3. The van der Waals surface area contributed by atoms with Crippen molar-refractivity contribution in [3.63, 3.8) is 0 Å². The number of carbonyl (C=O) groups is 2. The van der Waals surface area contributed by atoms with Crippen molar-refractivity contribution in [2.45, 2.75) is 13.8 Å². The van der Waals surface area contributed by atoms with Gasteiger partial charge in [0.25, 0.3) is 11.6 Å². The first kappa shape index (κ1) is 21.2. The van der Waals surface area contributed by atoms with Crippen LogP contribution >= 0.6 is 0 Å². The predicted molar refractivity (Wildman–Crippen MR) is 101 cm³/mol. The van der Waals surface area contributed by atoms with E-state index >= 15 is 0 Å². The second kappa shape index (κ2) is 9.19. The van der Waals surface area contributed by atoms with Crippen molar-refractivity contribution in [1.29, 1.82) is 0 Å². The molecule has 0 bridgehead atoms. The second-order valence-electron chi connectivity index (χ2n) is 5.74. The van der Waals surface area contributed by atoms with Crippen molar-refractivity contribution < 1.29 is 29.8 Å². The zero-order valence-electron chi connectivity index (χ0n) is 15.3. The minimum atomic E-state index is -1.19. The molecule has 0 saturated carbocycles. The Bertz CT molecular complexity index is 1030. The van der Waals surface area contributed by atoms with E-state index in [0.717, 1.165) is 23.8 Å². The van der Waals surface area contributed by atoms with Crippen LogP contribution in [-0.4, -0.2) is 27.2 Å². The number of nitro benzene ring substituents is 1. The average Bonchev–Trinajstić information content (AvgIpc) is 2.69. The molecule has 2 aromatic carbocycles. The molecule has 0 fully saturated rings. The average molecular weight is 400 g/mol. The highest BCUT2D eigenvalue weighted by Gasteiger charge is 2.20. The van der Waals surface area contributed by atoms with E-state index in [9.17, 15) is 24.8 Å². The third-order valence-electron chi connectivity index (χ3n) is 3.70. The summed E-state index contributed by atoms with van der Waals surface area (Å²) in [5.74, 6) is -2.42. The summed E-state index contributed by atoms with van der Waals surface area (Å²) in [7, 11) is 0. The lowest BCUT2D eigenvalue weighted by Crippen LogP contribution is -2.15. The van der Waals surface area contributed by atoms with E-state index in [0.29, 0.717) is 5.69 Å². The molecule has 11 heteroatoms. The van der Waals surface area contributed by atoms with Gasteiger partial charge in [-0.05, 0) is 37.6 Å². The zero-order valence-corrected chi connectivity index (χ0v) is 15.3. The van der Waals surface area contributed by atoms with Crippen LogP contribution in [-0.2, 0) is 9.68 Å². The number of anilines is 1. The Hall–Kier alpha value is -4.12. The van der Waals surface area contributed by atoms with Gasteiger partial charge in [0.1, 0.15) is 5.76 Å². The molecular formula is C18H16N4O7. The van der Waals surface area contributed by atoms with E-state index in [2.05, 4.69) is 20.4 Å². The summed E-state index contributed by atoms with van der Waals surface area (Å²) < 4.78 is 0. The number of para-hydroxylation sites is 1.